The monoisotopic (exact) mass is 288 g/mol. The van der Waals surface area contributed by atoms with E-state index in [1.54, 1.807) is 0 Å². The quantitative estimate of drug-likeness (QED) is 0.850. The molecule has 0 spiro atoms. The van der Waals surface area contributed by atoms with Crippen molar-refractivity contribution in [2.75, 3.05) is 5.73 Å². The molecule has 0 radical (unpaired) electrons. The van der Waals surface area contributed by atoms with Gasteiger partial charge in [0.2, 0.25) is 0 Å². The first-order valence-corrected chi connectivity index (χ1v) is 7.14. The fourth-order valence-electron chi connectivity index (χ4n) is 2.48. The van der Waals surface area contributed by atoms with E-state index in [9.17, 15) is 8.78 Å². The summed E-state index contributed by atoms with van der Waals surface area (Å²) in [5, 5.41) is 0. The average molecular weight is 288 g/mol. The van der Waals surface area contributed by atoms with Gasteiger partial charge < -0.3 is 5.73 Å². The SMILES string of the molecule is Nc1ccc(CN(Cc2ccc(F)cc2F)C2CC2)cc1. The molecule has 0 saturated heterocycles. The van der Waals surface area contributed by atoms with Gasteiger partial charge in [-0.15, -0.1) is 0 Å². The molecule has 1 fully saturated rings. The molecule has 0 bridgehead atoms. The predicted molar refractivity (Wildman–Crippen MR) is 79.5 cm³/mol. The Kier molecular flexibility index (Phi) is 3.88. The highest BCUT2D eigenvalue weighted by Crippen LogP contribution is 2.30. The average Bonchev–Trinajstić information content (AvgIpc) is 3.28. The van der Waals surface area contributed by atoms with E-state index in [0.717, 1.165) is 36.7 Å². The molecule has 4 heteroatoms. The zero-order chi connectivity index (χ0) is 14.8. The number of benzene rings is 2. The van der Waals surface area contributed by atoms with Gasteiger partial charge in [-0.2, -0.15) is 0 Å². The molecule has 2 aromatic rings. The molecule has 0 aromatic heterocycles. The molecule has 2 aromatic carbocycles. The molecule has 1 aliphatic carbocycles. The van der Waals surface area contributed by atoms with E-state index in [1.807, 2.05) is 24.3 Å². The minimum atomic E-state index is -0.534. The van der Waals surface area contributed by atoms with Crippen LogP contribution in [0.2, 0.25) is 0 Å². The number of halogens is 2. The molecule has 1 saturated carbocycles. The minimum absolute atomic E-state index is 0.474. The molecule has 2 nitrogen and oxygen atoms in total. The number of nitrogen functional groups attached to an aromatic ring is 1. The summed E-state index contributed by atoms with van der Waals surface area (Å²) in [5.41, 5.74) is 8.12. The van der Waals surface area contributed by atoms with Crippen molar-refractivity contribution in [3.05, 3.63) is 65.2 Å². The number of rotatable bonds is 5. The molecule has 2 N–H and O–H groups in total. The summed E-state index contributed by atoms with van der Waals surface area (Å²) in [5.74, 6) is -1.01. The van der Waals surface area contributed by atoms with Crippen molar-refractivity contribution >= 4 is 5.69 Å². The second kappa shape index (κ2) is 5.82. The lowest BCUT2D eigenvalue weighted by molar-refractivity contribution is 0.242. The molecular weight excluding hydrogens is 270 g/mol. The molecule has 0 heterocycles. The predicted octanol–water partition coefficient (Wildman–Crippen LogP) is 3.71. The lowest BCUT2D eigenvalue weighted by Gasteiger charge is -2.22. The highest BCUT2D eigenvalue weighted by Gasteiger charge is 2.29. The molecule has 0 unspecified atom stereocenters. The summed E-state index contributed by atoms with van der Waals surface area (Å²) in [6.45, 7) is 1.25. The van der Waals surface area contributed by atoms with Crippen LogP contribution in [0.15, 0.2) is 42.5 Å². The molecule has 1 aliphatic rings. The van der Waals surface area contributed by atoms with Crippen molar-refractivity contribution in [1.29, 1.82) is 0 Å². The number of nitrogens with two attached hydrogens (primary N) is 1. The molecule has 110 valence electrons. The van der Waals surface area contributed by atoms with Crippen molar-refractivity contribution in [3.8, 4) is 0 Å². The third-order valence-electron chi connectivity index (χ3n) is 3.82. The van der Waals surface area contributed by atoms with Gasteiger partial charge in [0.1, 0.15) is 11.6 Å². The van der Waals surface area contributed by atoms with Gasteiger partial charge in [0.25, 0.3) is 0 Å². The lowest BCUT2D eigenvalue weighted by atomic mass is 10.1. The molecule has 0 atom stereocenters. The van der Waals surface area contributed by atoms with Crippen molar-refractivity contribution in [3.63, 3.8) is 0 Å². The number of anilines is 1. The Labute approximate surface area is 123 Å². The molecule has 3 rings (SSSR count). The highest BCUT2D eigenvalue weighted by atomic mass is 19.1. The van der Waals surface area contributed by atoms with Crippen LogP contribution in [0.4, 0.5) is 14.5 Å². The van der Waals surface area contributed by atoms with Crippen LogP contribution in [0, 0.1) is 11.6 Å². The minimum Gasteiger partial charge on any atom is -0.399 e. The Morgan fingerprint density at radius 3 is 2.33 bits per heavy atom. The molecule has 21 heavy (non-hydrogen) atoms. The number of hydrogen-bond acceptors (Lipinski definition) is 2. The maximum Gasteiger partial charge on any atom is 0.130 e. The van der Waals surface area contributed by atoms with Crippen molar-refractivity contribution in [2.45, 2.75) is 32.0 Å². The van der Waals surface area contributed by atoms with E-state index in [1.165, 1.54) is 12.1 Å². The van der Waals surface area contributed by atoms with Gasteiger partial charge in [0.15, 0.2) is 0 Å². The first-order chi connectivity index (χ1) is 10.1. The highest BCUT2D eigenvalue weighted by molar-refractivity contribution is 5.39. The normalized spacial score (nSPS) is 14.6. The van der Waals surface area contributed by atoms with Gasteiger partial charge in [0.05, 0.1) is 0 Å². The van der Waals surface area contributed by atoms with Crippen LogP contribution in [0.1, 0.15) is 24.0 Å². The van der Waals surface area contributed by atoms with Crippen LogP contribution in [0.5, 0.6) is 0 Å². The van der Waals surface area contributed by atoms with Gasteiger partial charge >= 0.3 is 0 Å². The van der Waals surface area contributed by atoms with Gasteiger partial charge in [-0.3, -0.25) is 4.90 Å². The second-order valence-corrected chi connectivity index (χ2v) is 5.61. The number of hydrogen-bond donors (Lipinski definition) is 1. The van der Waals surface area contributed by atoms with E-state index < -0.39 is 11.6 Å². The Balaban J connectivity index is 1.74. The van der Waals surface area contributed by atoms with Crippen LogP contribution >= 0.6 is 0 Å². The van der Waals surface area contributed by atoms with E-state index in [2.05, 4.69) is 4.90 Å². The van der Waals surface area contributed by atoms with Crippen molar-refractivity contribution in [1.82, 2.24) is 4.90 Å². The van der Waals surface area contributed by atoms with Crippen molar-refractivity contribution in [2.24, 2.45) is 0 Å². The van der Waals surface area contributed by atoms with Gasteiger partial charge in [0, 0.05) is 36.4 Å². The maximum atomic E-state index is 13.8. The Bertz CT molecular complexity index is 621. The fourth-order valence-corrected chi connectivity index (χ4v) is 2.48. The van der Waals surface area contributed by atoms with Crippen LogP contribution < -0.4 is 5.73 Å². The third kappa shape index (κ3) is 3.58. The first-order valence-electron chi connectivity index (χ1n) is 7.14. The topological polar surface area (TPSA) is 29.3 Å². The van der Waals surface area contributed by atoms with Crippen molar-refractivity contribution < 1.29 is 8.78 Å². The molecule has 0 amide bonds. The summed E-state index contributed by atoms with van der Waals surface area (Å²) in [4.78, 5) is 2.24. The summed E-state index contributed by atoms with van der Waals surface area (Å²) in [7, 11) is 0. The zero-order valence-electron chi connectivity index (χ0n) is 11.7. The maximum absolute atomic E-state index is 13.8. The van der Waals surface area contributed by atoms with Gasteiger partial charge in [-0.05, 0) is 36.6 Å². The Morgan fingerprint density at radius 2 is 1.71 bits per heavy atom. The number of nitrogens with zero attached hydrogens (tertiary/aromatic N) is 1. The summed E-state index contributed by atoms with van der Waals surface area (Å²) < 4.78 is 26.8. The smallest absolute Gasteiger partial charge is 0.130 e. The second-order valence-electron chi connectivity index (χ2n) is 5.61. The zero-order valence-corrected chi connectivity index (χ0v) is 11.7. The summed E-state index contributed by atoms with van der Waals surface area (Å²) >= 11 is 0. The lowest BCUT2D eigenvalue weighted by Crippen LogP contribution is -2.25. The standard InChI is InChI=1S/C17H18F2N2/c18-14-4-3-13(17(19)9-14)11-21(16-7-8-16)10-12-1-5-15(20)6-2-12/h1-6,9,16H,7-8,10-11,20H2. The van der Waals surface area contributed by atoms with Crippen LogP contribution in [-0.2, 0) is 13.1 Å². The first kappa shape index (κ1) is 14.0. The van der Waals surface area contributed by atoms with E-state index in [-0.39, 0.29) is 0 Å². The Morgan fingerprint density at radius 1 is 1.00 bits per heavy atom. The van der Waals surface area contributed by atoms with E-state index >= 15 is 0 Å². The summed E-state index contributed by atoms with van der Waals surface area (Å²) in [6.07, 6.45) is 2.27. The third-order valence-corrected chi connectivity index (χ3v) is 3.82. The molecular formula is C17H18F2N2. The van der Waals surface area contributed by atoms with Crippen LogP contribution in [-0.4, -0.2) is 10.9 Å². The van der Waals surface area contributed by atoms with E-state index in [0.29, 0.717) is 18.2 Å². The van der Waals surface area contributed by atoms with Gasteiger partial charge in [-0.1, -0.05) is 18.2 Å². The fraction of sp³-hybridized carbons (Fsp3) is 0.294. The Hall–Kier alpha value is -1.94. The van der Waals surface area contributed by atoms with E-state index in [4.69, 9.17) is 5.73 Å². The summed E-state index contributed by atoms with van der Waals surface area (Å²) in [6, 6.07) is 12.0. The van der Waals surface area contributed by atoms with Crippen LogP contribution in [0.3, 0.4) is 0 Å². The van der Waals surface area contributed by atoms with Crippen LogP contribution in [0.25, 0.3) is 0 Å². The van der Waals surface area contributed by atoms with Gasteiger partial charge in [-0.25, -0.2) is 8.78 Å². The molecule has 0 aliphatic heterocycles. The largest absolute Gasteiger partial charge is 0.399 e.